The van der Waals surface area contributed by atoms with Crippen LogP contribution < -0.4 is 5.32 Å². The van der Waals surface area contributed by atoms with Crippen molar-refractivity contribution >= 4 is 17.9 Å². The molecule has 10 heteroatoms. The van der Waals surface area contributed by atoms with E-state index < -0.39 is 5.60 Å². The minimum absolute atomic E-state index is 0.0242. The normalized spacial score (nSPS) is 20.1. The molecule has 2 fully saturated rings. The van der Waals surface area contributed by atoms with Crippen LogP contribution in [0.2, 0.25) is 0 Å². The number of amides is 3. The lowest BCUT2D eigenvalue weighted by Crippen LogP contribution is -2.58. The van der Waals surface area contributed by atoms with Crippen LogP contribution in [0.15, 0.2) is 67.0 Å². The molecule has 1 saturated heterocycles. The smallest absolute Gasteiger partial charge is 0.410 e. The van der Waals surface area contributed by atoms with Gasteiger partial charge in [0.1, 0.15) is 5.60 Å². The molecule has 5 rings (SSSR count). The predicted molar refractivity (Wildman–Crippen MR) is 181 cm³/mol. The Morgan fingerprint density at radius 1 is 0.957 bits per heavy atom. The number of nitrogens with zero attached hydrogens (tertiary/aromatic N) is 4. The molecule has 2 aliphatic rings. The fraction of sp³-hybridized carbons (Fsp3) is 0.514. The summed E-state index contributed by atoms with van der Waals surface area (Å²) in [5.74, 6) is -0.183. The minimum atomic E-state index is -0.609. The van der Waals surface area contributed by atoms with Gasteiger partial charge in [-0.25, -0.2) is 9.78 Å². The van der Waals surface area contributed by atoms with Crippen LogP contribution in [0.1, 0.15) is 81.9 Å². The Hall–Kier alpha value is -4.18. The second kappa shape index (κ2) is 15.6. The van der Waals surface area contributed by atoms with Crippen LogP contribution >= 0.6 is 0 Å². The molecule has 2 aromatic carbocycles. The summed E-state index contributed by atoms with van der Waals surface area (Å²) in [6.45, 7) is 9.36. The van der Waals surface area contributed by atoms with Crippen molar-refractivity contribution in [3.8, 4) is 11.3 Å². The molecule has 0 bridgehead atoms. The van der Waals surface area contributed by atoms with Gasteiger partial charge in [0.15, 0.2) is 5.69 Å². The van der Waals surface area contributed by atoms with E-state index in [9.17, 15) is 14.4 Å². The van der Waals surface area contributed by atoms with Crippen LogP contribution in [-0.4, -0.2) is 87.8 Å². The molecule has 0 unspecified atom stereocenters. The highest BCUT2D eigenvalue weighted by Crippen LogP contribution is 2.37. The van der Waals surface area contributed by atoms with Crippen LogP contribution in [0.25, 0.3) is 11.3 Å². The largest absolute Gasteiger partial charge is 0.444 e. The quantitative estimate of drug-likeness (QED) is 0.277. The number of imidazole rings is 1. The molecule has 1 N–H and O–H groups in total. The van der Waals surface area contributed by atoms with E-state index in [-0.39, 0.29) is 36.1 Å². The van der Waals surface area contributed by atoms with E-state index in [4.69, 9.17) is 14.5 Å². The summed E-state index contributed by atoms with van der Waals surface area (Å²) in [5.41, 5.74) is 2.62. The number of hydrogen-bond acceptors (Lipinski definition) is 6. The van der Waals surface area contributed by atoms with Gasteiger partial charge < -0.3 is 29.2 Å². The van der Waals surface area contributed by atoms with Crippen molar-refractivity contribution in [1.82, 2.24) is 24.7 Å². The molecular formula is C37H49N5O5. The number of hydrogen-bond donors (Lipinski definition) is 1. The Labute approximate surface area is 278 Å². The molecule has 2 heterocycles. The summed E-state index contributed by atoms with van der Waals surface area (Å²) in [7, 11) is 0. The number of carbonyl (C=O) groups is 3. The maximum atomic E-state index is 14.6. The number of piperazine rings is 1. The van der Waals surface area contributed by atoms with Crippen molar-refractivity contribution in [2.24, 2.45) is 0 Å². The zero-order valence-electron chi connectivity index (χ0n) is 28.2. The molecular weight excluding hydrogens is 594 g/mol. The lowest BCUT2D eigenvalue weighted by molar-refractivity contribution is -0.119. The predicted octanol–water partition coefficient (Wildman–Crippen LogP) is 5.88. The Bertz CT molecular complexity index is 1490. The zero-order chi connectivity index (χ0) is 33.4. The van der Waals surface area contributed by atoms with Gasteiger partial charge in [-0.1, -0.05) is 73.5 Å². The van der Waals surface area contributed by atoms with Gasteiger partial charge in [0.25, 0.3) is 5.91 Å². The van der Waals surface area contributed by atoms with Gasteiger partial charge in [0, 0.05) is 45.3 Å². The maximum Gasteiger partial charge on any atom is 0.410 e. The highest BCUT2D eigenvalue weighted by molar-refractivity contribution is 5.98. The number of rotatable bonds is 10. The third-order valence-electron chi connectivity index (χ3n) is 8.80. The van der Waals surface area contributed by atoms with E-state index in [1.807, 2.05) is 80.5 Å². The second-order valence-corrected chi connectivity index (χ2v) is 13.6. The van der Waals surface area contributed by atoms with Gasteiger partial charge in [-0.15, -0.1) is 0 Å². The molecule has 47 heavy (non-hydrogen) atoms. The van der Waals surface area contributed by atoms with Crippen molar-refractivity contribution in [2.75, 3.05) is 32.8 Å². The standard InChI is InChI=1S/C37H49N5O5/c1-27(43)38-20-13-23-46-32-19-12-11-18-31(32)42-26-39-33(34(42)29-16-9-6-10-17-29)35(44)41-22-21-40(36(45)47-37(2,3)4)25-30(41)24-28-14-7-5-8-15-28/h5-10,14-17,26,30-32H,11-13,18-25H2,1-4H3,(H,38,43)/t30-,31+,32+/m1/s1. The molecule has 3 atom stereocenters. The molecule has 10 nitrogen and oxygen atoms in total. The van der Waals surface area contributed by atoms with Gasteiger partial charge in [-0.2, -0.15) is 0 Å². The third kappa shape index (κ3) is 9.00. The number of carbonyl (C=O) groups excluding carboxylic acids is 3. The van der Waals surface area contributed by atoms with E-state index in [0.29, 0.717) is 44.9 Å². The zero-order valence-corrected chi connectivity index (χ0v) is 28.2. The maximum absolute atomic E-state index is 14.6. The highest BCUT2D eigenvalue weighted by atomic mass is 16.6. The van der Waals surface area contributed by atoms with Crippen LogP contribution in [0.5, 0.6) is 0 Å². The fourth-order valence-corrected chi connectivity index (χ4v) is 6.62. The van der Waals surface area contributed by atoms with Crippen LogP contribution in [0.4, 0.5) is 4.79 Å². The topological polar surface area (TPSA) is 106 Å². The highest BCUT2D eigenvalue weighted by Gasteiger charge is 2.38. The first kappa shape index (κ1) is 34.2. The van der Waals surface area contributed by atoms with Crippen LogP contribution in [0.3, 0.4) is 0 Å². The molecule has 1 saturated carbocycles. The summed E-state index contributed by atoms with van der Waals surface area (Å²) in [5, 5.41) is 2.84. The summed E-state index contributed by atoms with van der Waals surface area (Å²) in [4.78, 5) is 47.4. The molecule has 0 spiro atoms. The lowest BCUT2D eigenvalue weighted by Gasteiger charge is -2.41. The molecule has 0 radical (unpaired) electrons. The Morgan fingerprint density at radius 3 is 2.36 bits per heavy atom. The van der Waals surface area contributed by atoms with Crippen LogP contribution in [-0.2, 0) is 20.7 Å². The SMILES string of the molecule is CC(=O)NCCCO[C@H]1CCCC[C@@H]1n1cnc(C(=O)N2CCN(C(=O)OC(C)(C)C)C[C@H]2Cc2ccccc2)c1-c1ccccc1. The number of aromatic nitrogens is 2. The fourth-order valence-electron chi connectivity index (χ4n) is 6.62. The van der Waals surface area contributed by atoms with E-state index in [1.165, 1.54) is 6.92 Å². The van der Waals surface area contributed by atoms with E-state index in [0.717, 1.165) is 48.9 Å². The van der Waals surface area contributed by atoms with Gasteiger partial charge in [-0.3, -0.25) is 9.59 Å². The van der Waals surface area contributed by atoms with Crippen molar-refractivity contribution in [2.45, 2.75) is 90.0 Å². The van der Waals surface area contributed by atoms with Gasteiger partial charge in [-0.05, 0) is 52.0 Å². The number of benzene rings is 2. The average molecular weight is 644 g/mol. The molecule has 252 valence electrons. The molecule has 3 aromatic rings. The molecule has 1 aliphatic carbocycles. The van der Waals surface area contributed by atoms with E-state index in [1.54, 1.807) is 4.90 Å². The van der Waals surface area contributed by atoms with Gasteiger partial charge in [0.05, 0.1) is 30.2 Å². The van der Waals surface area contributed by atoms with Crippen molar-refractivity contribution in [1.29, 1.82) is 0 Å². The van der Waals surface area contributed by atoms with Crippen molar-refractivity contribution < 1.29 is 23.9 Å². The van der Waals surface area contributed by atoms with E-state index in [2.05, 4.69) is 22.0 Å². The first-order valence-electron chi connectivity index (χ1n) is 16.9. The number of ether oxygens (including phenoxy) is 2. The Balaban J connectivity index is 1.43. The average Bonchev–Trinajstić information content (AvgIpc) is 3.49. The molecule has 3 amide bonds. The summed E-state index contributed by atoms with van der Waals surface area (Å²) >= 11 is 0. The first-order chi connectivity index (χ1) is 22.6. The number of nitrogens with one attached hydrogen (secondary N) is 1. The van der Waals surface area contributed by atoms with Gasteiger partial charge >= 0.3 is 6.09 Å². The lowest BCUT2D eigenvalue weighted by atomic mass is 9.91. The molecule has 1 aliphatic heterocycles. The third-order valence-corrected chi connectivity index (χ3v) is 8.80. The molecule has 1 aromatic heterocycles. The van der Waals surface area contributed by atoms with Crippen molar-refractivity contribution in [3.05, 3.63) is 78.2 Å². The minimum Gasteiger partial charge on any atom is -0.444 e. The van der Waals surface area contributed by atoms with Gasteiger partial charge in [0.2, 0.25) is 5.91 Å². The summed E-state index contributed by atoms with van der Waals surface area (Å²) < 4.78 is 14.3. The summed E-state index contributed by atoms with van der Waals surface area (Å²) in [6, 6.07) is 19.8. The van der Waals surface area contributed by atoms with Crippen molar-refractivity contribution in [3.63, 3.8) is 0 Å². The second-order valence-electron chi connectivity index (χ2n) is 13.6. The van der Waals surface area contributed by atoms with E-state index >= 15 is 0 Å². The Morgan fingerprint density at radius 2 is 1.66 bits per heavy atom. The first-order valence-corrected chi connectivity index (χ1v) is 16.9. The van der Waals surface area contributed by atoms with Crippen LogP contribution in [0, 0.1) is 0 Å². The monoisotopic (exact) mass is 643 g/mol. The Kier molecular flexibility index (Phi) is 11.3. The summed E-state index contributed by atoms with van der Waals surface area (Å²) in [6.07, 6.45) is 6.75.